The number of benzene rings is 1. The molecule has 1 fully saturated rings. The van der Waals surface area contributed by atoms with Crippen LogP contribution in [0.15, 0.2) is 22.7 Å². The maximum atomic E-state index is 10.8. The van der Waals surface area contributed by atoms with Crippen molar-refractivity contribution in [2.75, 3.05) is 11.9 Å². The molecule has 0 heterocycles. The molecule has 86 valence electrons. The van der Waals surface area contributed by atoms with Crippen LogP contribution in [-0.4, -0.2) is 11.5 Å². The highest BCUT2D eigenvalue weighted by atomic mass is 79.9. The molecule has 0 radical (unpaired) electrons. The molecule has 5 heteroatoms. The summed E-state index contributed by atoms with van der Waals surface area (Å²) in [4.78, 5) is 10.5. The van der Waals surface area contributed by atoms with E-state index in [1.165, 1.54) is 12.5 Å². The van der Waals surface area contributed by atoms with Crippen molar-refractivity contribution >= 4 is 27.3 Å². The van der Waals surface area contributed by atoms with Crippen LogP contribution >= 0.6 is 15.9 Å². The third-order valence-electron chi connectivity index (χ3n) is 2.99. The van der Waals surface area contributed by atoms with E-state index in [0.29, 0.717) is 11.6 Å². The van der Waals surface area contributed by atoms with Crippen molar-refractivity contribution in [3.63, 3.8) is 0 Å². The molecule has 1 aromatic rings. The molecule has 1 saturated carbocycles. The zero-order valence-electron chi connectivity index (χ0n) is 8.94. The lowest BCUT2D eigenvalue weighted by Crippen LogP contribution is -2.06. The van der Waals surface area contributed by atoms with Gasteiger partial charge in [0.05, 0.1) is 4.92 Å². The van der Waals surface area contributed by atoms with Gasteiger partial charge >= 0.3 is 0 Å². The minimum absolute atomic E-state index is 0.136. The molecule has 4 nitrogen and oxygen atoms in total. The summed E-state index contributed by atoms with van der Waals surface area (Å²) in [6.07, 6.45) is 1.22. The molecular formula is C11H13BrN2O2. The molecular weight excluding hydrogens is 272 g/mol. The highest BCUT2D eigenvalue weighted by Gasteiger charge is 2.32. The summed E-state index contributed by atoms with van der Waals surface area (Å²) in [5, 5.41) is 14.0. The van der Waals surface area contributed by atoms with Crippen molar-refractivity contribution in [3.8, 4) is 0 Å². The van der Waals surface area contributed by atoms with Crippen molar-refractivity contribution in [1.29, 1.82) is 0 Å². The van der Waals surface area contributed by atoms with Crippen LogP contribution in [0.3, 0.4) is 0 Å². The normalized spacial score (nSPS) is 22.9. The van der Waals surface area contributed by atoms with Crippen molar-refractivity contribution in [2.45, 2.75) is 13.3 Å². The summed E-state index contributed by atoms with van der Waals surface area (Å²) in [6, 6.07) is 4.96. The summed E-state index contributed by atoms with van der Waals surface area (Å²) in [7, 11) is 0. The zero-order valence-corrected chi connectivity index (χ0v) is 10.5. The topological polar surface area (TPSA) is 55.2 Å². The molecule has 2 unspecified atom stereocenters. The molecule has 0 amide bonds. The molecule has 2 atom stereocenters. The Labute approximate surface area is 102 Å². The second-order valence-electron chi connectivity index (χ2n) is 4.27. The minimum Gasteiger partial charge on any atom is -0.379 e. The van der Waals surface area contributed by atoms with Gasteiger partial charge in [0.2, 0.25) is 0 Å². The molecule has 0 bridgehead atoms. The van der Waals surface area contributed by atoms with E-state index in [9.17, 15) is 10.1 Å². The predicted molar refractivity (Wildman–Crippen MR) is 66.6 cm³/mol. The first kappa shape index (κ1) is 11.4. The Kier molecular flexibility index (Phi) is 3.14. The van der Waals surface area contributed by atoms with Gasteiger partial charge in [-0.05, 0) is 30.4 Å². The van der Waals surface area contributed by atoms with Gasteiger partial charge in [0, 0.05) is 17.1 Å². The van der Waals surface area contributed by atoms with Crippen LogP contribution in [-0.2, 0) is 0 Å². The summed E-state index contributed by atoms with van der Waals surface area (Å²) in [5.41, 5.74) is 0.731. The van der Waals surface area contributed by atoms with E-state index in [0.717, 1.165) is 16.9 Å². The molecule has 0 spiro atoms. The molecule has 1 aliphatic rings. The molecule has 1 aromatic carbocycles. The van der Waals surface area contributed by atoms with Crippen LogP contribution in [0, 0.1) is 22.0 Å². The van der Waals surface area contributed by atoms with Gasteiger partial charge in [0.15, 0.2) is 0 Å². The Morgan fingerprint density at radius 2 is 2.31 bits per heavy atom. The van der Waals surface area contributed by atoms with Crippen LogP contribution < -0.4 is 5.32 Å². The van der Waals surface area contributed by atoms with Gasteiger partial charge in [0.25, 0.3) is 5.69 Å². The monoisotopic (exact) mass is 284 g/mol. The lowest BCUT2D eigenvalue weighted by Gasteiger charge is -2.06. The Balaban J connectivity index is 2.10. The summed E-state index contributed by atoms with van der Waals surface area (Å²) in [5.74, 6) is 1.41. The van der Waals surface area contributed by atoms with Crippen molar-refractivity contribution < 1.29 is 4.92 Å². The first-order valence-electron chi connectivity index (χ1n) is 5.25. The Morgan fingerprint density at radius 1 is 1.62 bits per heavy atom. The highest BCUT2D eigenvalue weighted by Crippen LogP contribution is 2.38. The van der Waals surface area contributed by atoms with Crippen molar-refractivity contribution in [2.24, 2.45) is 11.8 Å². The van der Waals surface area contributed by atoms with Crippen LogP contribution in [0.5, 0.6) is 0 Å². The Morgan fingerprint density at radius 3 is 2.88 bits per heavy atom. The minimum atomic E-state index is -0.356. The molecule has 0 aromatic heterocycles. The third kappa shape index (κ3) is 2.52. The molecule has 16 heavy (non-hydrogen) atoms. The van der Waals surface area contributed by atoms with Gasteiger partial charge in [-0.2, -0.15) is 0 Å². The fraction of sp³-hybridized carbons (Fsp3) is 0.455. The summed E-state index contributed by atoms with van der Waals surface area (Å²) < 4.78 is 0.851. The number of hydrogen-bond acceptors (Lipinski definition) is 3. The van der Waals surface area contributed by atoms with Crippen LogP contribution in [0.1, 0.15) is 13.3 Å². The van der Waals surface area contributed by atoms with E-state index in [1.54, 1.807) is 12.1 Å². The third-order valence-corrected chi connectivity index (χ3v) is 3.48. The van der Waals surface area contributed by atoms with Crippen LogP contribution in [0.2, 0.25) is 0 Å². The summed E-state index contributed by atoms with van der Waals surface area (Å²) >= 11 is 3.32. The SMILES string of the molecule is CC1CC1CNc1cc(Br)ccc1[N+](=O)[O-]. The van der Waals surface area contributed by atoms with Gasteiger partial charge in [0.1, 0.15) is 5.69 Å². The standard InChI is InChI=1S/C11H13BrN2O2/c1-7-4-8(7)6-13-10-5-9(12)2-3-11(10)14(15)16/h2-3,5,7-8,13H,4,6H2,1H3. The Hall–Kier alpha value is -1.10. The van der Waals surface area contributed by atoms with E-state index >= 15 is 0 Å². The maximum Gasteiger partial charge on any atom is 0.292 e. The summed E-state index contributed by atoms with van der Waals surface area (Å²) in [6.45, 7) is 3.01. The smallest absolute Gasteiger partial charge is 0.292 e. The van der Waals surface area contributed by atoms with Gasteiger partial charge in [-0.25, -0.2) is 0 Å². The predicted octanol–water partition coefficient (Wildman–Crippen LogP) is 3.43. The zero-order chi connectivity index (χ0) is 11.7. The maximum absolute atomic E-state index is 10.8. The lowest BCUT2D eigenvalue weighted by atomic mass is 10.2. The van der Waals surface area contributed by atoms with E-state index in [2.05, 4.69) is 28.2 Å². The van der Waals surface area contributed by atoms with E-state index < -0.39 is 0 Å². The average Bonchev–Trinajstić information content (AvgIpc) is 2.91. The van der Waals surface area contributed by atoms with E-state index in [1.807, 2.05) is 0 Å². The number of nitrogens with zero attached hydrogens (tertiary/aromatic N) is 1. The fourth-order valence-electron chi connectivity index (χ4n) is 1.73. The highest BCUT2D eigenvalue weighted by molar-refractivity contribution is 9.10. The number of rotatable bonds is 4. The fourth-order valence-corrected chi connectivity index (χ4v) is 2.09. The first-order valence-corrected chi connectivity index (χ1v) is 6.05. The first-order chi connectivity index (χ1) is 7.58. The van der Waals surface area contributed by atoms with Gasteiger partial charge in [-0.15, -0.1) is 0 Å². The van der Waals surface area contributed by atoms with E-state index in [-0.39, 0.29) is 10.6 Å². The van der Waals surface area contributed by atoms with Gasteiger partial charge < -0.3 is 5.32 Å². The molecule has 1 N–H and O–H groups in total. The van der Waals surface area contributed by atoms with Crippen molar-refractivity contribution in [3.05, 3.63) is 32.8 Å². The molecule has 1 aliphatic carbocycles. The van der Waals surface area contributed by atoms with Crippen LogP contribution in [0.4, 0.5) is 11.4 Å². The van der Waals surface area contributed by atoms with Crippen LogP contribution in [0.25, 0.3) is 0 Å². The number of nitro benzene ring substituents is 1. The number of hydrogen-bond donors (Lipinski definition) is 1. The van der Waals surface area contributed by atoms with Gasteiger partial charge in [-0.3, -0.25) is 10.1 Å². The lowest BCUT2D eigenvalue weighted by molar-refractivity contribution is -0.384. The second-order valence-corrected chi connectivity index (χ2v) is 5.19. The molecule has 2 rings (SSSR count). The second kappa shape index (κ2) is 4.41. The van der Waals surface area contributed by atoms with Crippen molar-refractivity contribution in [1.82, 2.24) is 0 Å². The quantitative estimate of drug-likeness (QED) is 0.681. The average molecular weight is 285 g/mol. The molecule has 0 aliphatic heterocycles. The number of nitro groups is 1. The largest absolute Gasteiger partial charge is 0.379 e. The molecule has 0 saturated heterocycles. The number of nitrogens with one attached hydrogen (secondary N) is 1. The number of anilines is 1. The Bertz CT molecular complexity index is 422. The number of halogens is 1. The van der Waals surface area contributed by atoms with Gasteiger partial charge in [-0.1, -0.05) is 22.9 Å². The van der Waals surface area contributed by atoms with E-state index in [4.69, 9.17) is 0 Å².